The Kier molecular flexibility index (Phi) is 6.33. The molecule has 0 fully saturated rings. The number of rotatable bonds is 7. The molecular weight excluding hydrogens is 350 g/mol. The Hall–Kier alpha value is -3.27. The van der Waals surface area contributed by atoms with Gasteiger partial charge in [-0.2, -0.15) is 0 Å². The standard InChI is InChI=1S/C24H25NO3/c1-17-13-18(2)24(19(3)14-17)25-23(26)16-28-22-11-9-21(10-12-22)27-15-20-7-5-4-6-8-20/h4-14H,15-16H2,1-3H3,(H,25,26). The van der Waals surface area contributed by atoms with Crippen LogP contribution in [0, 0.1) is 20.8 Å². The molecule has 0 spiro atoms. The highest BCUT2D eigenvalue weighted by atomic mass is 16.5. The van der Waals surface area contributed by atoms with E-state index < -0.39 is 0 Å². The summed E-state index contributed by atoms with van der Waals surface area (Å²) in [6, 6.07) is 21.4. The van der Waals surface area contributed by atoms with Crippen molar-refractivity contribution >= 4 is 11.6 Å². The van der Waals surface area contributed by atoms with E-state index in [1.54, 1.807) is 12.1 Å². The third-order valence-electron chi connectivity index (χ3n) is 4.38. The van der Waals surface area contributed by atoms with Gasteiger partial charge in [0.15, 0.2) is 6.61 Å². The molecule has 0 aliphatic heterocycles. The van der Waals surface area contributed by atoms with Crippen molar-refractivity contribution in [1.29, 1.82) is 0 Å². The minimum atomic E-state index is -0.181. The summed E-state index contributed by atoms with van der Waals surface area (Å²) < 4.78 is 11.3. The maximum absolute atomic E-state index is 12.2. The summed E-state index contributed by atoms with van der Waals surface area (Å²) in [7, 11) is 0. The third kappa shape index (κ3) is 5.36. The number of hydrogen-bond donors (Lipinski definition) is 1. The fourth-order valence-corrected chi connectivity index (χ4v) is 3.07. The van der Waals surface area contributed by atoms with Gasteiger partial charge < -0.3 is 14.8 Å². The first-order chi connectivity index (χ1) is 13.5. The van der Waals surface area contributed by atoms with Gasteiger partial charge in [-0.15, -0.1) is 0 Å². The number of anilines is 1. The van der Waals surface area contributed by atoms with Gasteiger partial charge >= 0.3 is 0 Å². The van der Waals surface area contributed by atoms with Gasteiger partial charge in [0.05, 0.1) is 0 Å². The van der Waals surface area contributed by atoms with Crippen molar-refractivity contribution in [3.8, 4) is 11.5 Å². The quantitative estimate of drug-likeness (QED) is 0.617. The van der Waals surface area contributed by atoms with Crippen LogP contribution in [0.1, 0.15) is 22.3 Å². The number of aryl methyl sites for hydroxylation is 3. The highest BCUT2D eigenvalue weighted by Crippen LogP contribution is 2.22. The summed E-state index contributed by atoms with van der Waals surface area (Å²) in [5.41, 5.74) is 5.24. The molecule has 28 heavy (non-hydrogen) atoms. The zero-order valence-corrected chi connectivity index (χ0v) is 16.5. The molecule has 0 saturated carbocycles. The van der Waals surface area contributed by atoms with Crippen LogP contribution in [0.2, 0.25) is 0 Å². The highest BCUT2D eigenvalue weighted by Gasteiger charge is 2.09. The molecule has 0 bridgehead atoms. The van der Waals surface area contributed by atoms with Crippen LogP contribution < -0.4 is 14.8 Å². The predicted molar refractivity (Wildman–Crippen MR) is 112 cm³/mol. The van der Waals surface area contributed by atoms with Gasteiger partial charge in [0.2, 0.25) is 0 Å². The molecule has 4 heteroatoms. The van der Waals surface area contributed by atoms with E-state index in [4.69, 9.17) is 9.47 Å². The zero-order chi connectivity index (χ0) is 19.9. The van der Waals surface area contributed by atoms with Gasteiger partial charge in [-0.1, -0.05) is 48.0 Å². The Labute approximate surface area is 166 Å². The topological polar surface area (TPSA) is 47.6 Å². The van der Waals surface area contributed by atoms with E-state index in [0.29, 0.717) is 12.4 Å². The smallest absolute Gasteiger partial charge is 0.262 e. The first-order valence-electron chi connectivity index (χ1n) is 9.28. The minimum absolute atomic E-state index is 0.0447. The average Bonchev–Trinajstić information content (AvgIpc) is 2.69. The summed E-state index contributed by atoms with van der Waals surface area (Å²) >= 11 is 0. The van der Waals surface area contributed by atoms with Crippen LogP contribution in [-0.2, 0) is 11.4 Å². The first-order valence-corrected chi connectivity index (χ1v) is 9.28. The molecule has 4 nitrogen and oxygen atoms in total. The van der Waals surface area contributed by atoms with E-state index >= 15 is 0 Å². The predicted octanol–water partition coefficient (Wildman–Crippen LogP) is 5.21. The van der Waals surface area contributed by atoms with Gasteiger partial charge in [-0.25, -0.2) is 0 Å². The second-order valence-electron chi connectivity index (χ2n) is 6.86. The molecule has 0 aliphatic rings. The summed E-state index contributed by atoms with van der Waals surface area (Å²) in [5, 5.41) is 2.94. The summed E-state index contributed by atoms with van der Waals surface area (Å²) in [6.07, 6.45) is 0. The number of hydrogen-bond acceptors (Lipinski definition) is 3. The molecule has 3 aromatic carbocycles. The van der Waals surface area contributed by atoms with Crippen molar-refractivity contribution in [2.24, 2.45) is 0 Å². The second kappa shape index (κ2) is 9.09. The highest BCUT2D eigenvalue weighted by molar-refractivity contribution is 5.93. The molecule has 1 amide bonds. The zero-order valence-electron chi connectivity index (χ0n) is 16.5. The van der Waals surface area contributed by atoms with Crippen molar-refractivity contribution in [1.82, 2.24) is 0 Å². The molecule has 0 radical (unpaired) electrons. The summed E-state index contributed by atoms with van der Waals surface area (Å²) in [6.45, 7) is 6.49. The number of amides is 1. The Balaban J connectivity index is 1.50. The van der Waals surface area contributed by atoms with E-state index in [9.17, 15) is 4.79 Å². The molecule has 1 N–H and O–H groups in total. The number of carbonyl (C=O) groups is 1. The molecule has 0 unspecified atom stereocenters. The fraction of sp³-hybridized carbons (Fsp3) is 0.208. The monoisotopic (exact) mass is 375 g/mol. The van der Waals surface area contributed by atoms with Crippen molar-refractivity contribution in [2.45, 2.75) is 27.4 Å². The number of nitrogens with one attached hydrogen (secondary N) is 1. The maximum Gasteiger partial charge on any atom is 0.262 e. The molecule has 3 rings (SSSR count). The lowest BCUT2D eigenvalue weighted by Crippen LogP contribution is -2.21. The minimum Gasteiger partial charge on any atom is -0.489 e. The lowest BCUT2D eigenvalue weighted by molar-refractivity contribution is -0.118. The van der Waals surface area contributed by atoms with Crippen LogP contribution in [-0.4, -0.2) is 12.5 Å². The Bertz CT molecular complexity index is 911. The Morgan fingerprint density at radius 3 is 2.00 bits per heavy atom. The van der Waals surface area contributed by atoms with Crippen LogP contribution in [0.3, 0.4) is 0 Å². The van der Waals surface area contributed by atoms with Crippen LogP contribution in [0.15, 0.2) is 66.7 Å². The molecule has 3 aromatic rings. The normalized spacial score (nSPS) is 10.4. The Morgan fingerprint density at radius 1 is 0.821 bits per heavy atom. The Morgan fingerprint density at radius 2 is 1.39 bits per heavy atom. The molecule has 0 heterocycles. The molecular formula is C24H25NO3. The van der Waals surface area contributed by atoms with Crippen molar-refractivity contribution < 1.29 is 14.3 Å². The van der Waals surface area contributed by atoms with Gasteiger partial charge in [-0.05, 0) is 61.7 Å². The number of carbonyl (C=O) groups excluding carboxylic acids is 1. The van der Waals surface area contributed by atoms with Crippen molar-refractivity contribution in [3.05, 3.63) is 89.0 Å². The van der Waals surface area contributed by atoms with Crippen LogP contribution >= 0.6 is 0 Å². The fourth-order valence-electron chi connectivity index (χ4n) is 3.07. The van der Waals surface area contributed by atoms with E-state index in [2.05, 4.69) is 17.4 Å². The first kappa shape index (κ1) is 19.5. The number of ether oxygens (including phenoxy) is 2. The lowest BCUT2D eigenvalue weighted by atomic mass is 10.1. The van der Waals surface area contributed by atoms with Crippen molar-refractivity contribution in [2.75, 3.05) is 11.9 Å². The number of benzene rings is 3. The van der Waals surface area contributed by atoms with Crippen LogP contribution in [0.4, 0.5) is 5.69 Å². The van der Waals surface area contributed by atoms with Crippen LogP contribution in [0.25, 0.3) is 0 Å². The molecule has 0 aromatic heterocycles. The molecule has 144 valence electrons. The average molecular weight is 375 g/mol. The largest absolute Gasteiger partial charge is 0.489 e. The van der Waals surface area contributed by atoms with Gasteiger partial charge in [0.25, 0.3) is 5.91 Å². The molecule has 0 saturated heterocycles. The second-order valence-corrected chi connectivity index (χ2v) is 6.86. The van der Waals surface area contributed by atoms with E-state index in [-0.39, 0.29) is 12.5 Å². The summed E-state index contributed by atoms with van der Waals surface area (Å²) in [5.74, 6) is 1.20. The van der Waals surface area contributed by atoms with Gasteiger partial charge in [0.1, 0.15) is 18.1 Å². The van der Waals surface area contributed by atoms with E-state index in [1.165, 1.54) is 5.56 Å². The summed E-state index contributed by atoms with van der Waals surface area (Å²) in [4.78, 5) is 12.2. The van der Waals surface area contributed by atoms with E-state index in [0.717, 1.165) is 28.1 Å². The van der Waals surface area contributed by atoms with Crippen molar-refractivity contribution in [3.63, 3.8) is 0 Å². The third-order valence-corrected chi connectivity index (χ3v) is 4.38. The SMILES string of the molecule is Cc1cc(C)c(NC(=O)COc2ccc(OCc3ccccc3)cc2)c(C)c1. The molecule has 0 aliphatic carbocycles. The van der Waals surface area contributed by atoms with Gasteiger partial charge in [-0.3, -0.25) is 4.79 Å². The van der Waals surface area contributed by atoms with E-state index in [1.807, 2.05) is 63.2 Å². The molecule has 0 atom stereocenters. The lowest BCUT2D eigenvalue weighted by Gasteiger charge is -2.13. The maximum atomic E-state index is 12.2. The van der Waals surface area contributed by atoms with Crippen LogP contribution in [0.5, 0.6) is 11.5 Å². The van der Waals surface area contributed by atoms with Gasteiger partial charge in [0, 0.05) is 5.69 Å².